The molecule has 0 saturated heterocycles. The maximum Gasteiger partial charge on any atom is 2.00 e. The molecule has 0 spiro atoms. The fraction of sp³-hybridized carbons (Fsp3) is 0. The first-order chi connectivity index (χ1) is 0. The summed E-state index contributed by atoms with van der Waals surface area (Å²) >= 11 is 0. The minimum absolute atomic E-state index is 0. The van der Waals surface area contributed by atoms with Gasteiger partial charge in [0.1, 0.15) is 0 Å². The van der Waals surface area contributed by atoms with Crippen LogP contribution in [0.15, 0.2) is 0 Å². The first-order valence-corrected chi connectivity index (χ1v) is 0. The molecule has 0 unspecified atom stereocenters. The van der Waals surface area contributed by atoms with Gasteiger partial charge in [-0.3, -0.25) is 0 Å². The molecule has 0 heterocycles. The van der Waals surface area contributed by atoms with E-state index < -0.39 is 0 Å². The van der Waals surface area contributed by atoms with Crippen LogP contribution in [0.25, 0.3) is 0 Å². The Balaban J connectivity index is 0. The maximum atomic E-state index is 0. The van der Waals surface area contributed by atoms with E-state index in [2.05, 4.69) is 0 Å². The summed E-state index contributed by atoms with van der Waals surface area (Å²) in [6.07, 6.45) is 0. The Morgan fingerprint density at radius 1 is 1.00 bits per heavy atom. The summed E-state index contributed by atoms with van der Waals surface area (Å²) in [6.45, 7) is 0. The summed E-state index contributed by atoms with van der Waals surface area (Å²) in [5.41, 5.74) is 0. The molecule has 1 radical (unpaired) electrons. The van der Waals surface area contributed by atoms with Crippen molar-refractivity contribution < 1.29 is 58.9 Å². The van der Waals surface area contributed by atoms with Crippen LogP contribution < -0.4 is 0 Å². The molecule has 0 amide bonds. The van der Waals surface area contributed by atoms with Gasteiger partial charge in [-0.2, -0.15) is 0 Å². The minimum atomic E-state index is 0. The van der Waals surface area contributed by atoms with Gasteiger partial charge in [0.2, 0.25) is 0 Å². The summed E-state index contributed by atoms with van der Waals surface area (Å²) in [4.78, 5) is 0. The van der Waals surface area contributed by atoms with Gasteiger partial charge in [-0.25, -0.2) is 0 Å². The van der Waals surface area contributed by atoms with Crippen molar-refractivity contribution >= 4 is 37.7 Å². The fourth-order valence-corrected chi connectivity index (χ4v) is 0. The van der Waals surface area contributed by atoms with Crippen LogP contribution in [0.1, 0.15) is 2.85 Å². The molecule has 0 aliphatic heterocycles. The molecule has 0 aromatic rings. The third-order valence-electron chi connectivity index (χ3n) is 0. The average Bonchev–Trinajstić information content (AvgIpc) is 0. The van der Waals surface area contributed by atoms with E-state index in [9.17, 15) is 0 Å². The molecule has 0 fully saturated rings. The van der Waals surface area contributed by atoms with Crippen LogP contribution in [-0.2, 0) is 56.0 Å². The summed E-state index contributed by atoms with van der Waals surface area (Å²) < 4.78 is 0. The van der Waals surface area contributed by atoms with Crippen LogP contribution in [-0.4, -0.2) is 37.7 Å². The number of hydrogen-bond donors (Lipinski definition) is 0. The Morgan fingerprint density at radius 3 is 1.00 bits per heavy atom. The summed E-state index contributed by atoms with van der Waals surface area (Å²) in [5, 5.41) is 0. The van der Waals surface area contributed by atoms with Crippen molar-refractivity contribution in [2.45, 2.75) is 0 Å². The van der Waals surface area contributed by atoms with Gasteiger partial charge in [-0.15, -0.1) is 0 Å². The Kier molecular flexibility index (Phi) is 116. The first-order valence-electron chi connectivity index (χ1n) is 0. The first kappa shape index (κ1) is 27.9. The van der Waals surface area contributed by atoms with E-state index in [0.717, 1.165) is 0 Å². The van der Waals surface area contributed by atoms with Crippen LogP contribution >= 0.6 is 0 Å². The van der Waals surface area contributed by atoms with E-state index >= 15 is 0 Å². The van der Waals surface area contributed by atoms with Crippen LogP contribution in [0.3, 0.4) is 0 Å². The zero-order valence-electron chi connectivity index (χ0n) is 4.50. The van der Waals surface area contributed by atoms with Crippen LogP contribution in [0.5, 0.6) is 0 Å². The molecule has 0 nitrogen and oxygen atoms in total. The van der Waals surface area contributed by atoms with Crippen molar-refractivity contribution in [3.05, 3.63) is 0 Å². The van der Waals surface area contributed by atoms with Gasteiger partial charge in [0, 0.05) is 56.0 Å². The monoisotopic (exact) mass is 225 g/mol. The van der Waals surface area contributed by atoms with E-state index in [1.54, 1.807) is 0 Å². The Morgan fingerprint density at radius 2 is 1.00 bits per heavy atom. The van der Waals surface area contributed by atoms with E-state index in [-0.39, 0.29) is 96.6 Å². The largest absolute Gasteiger partial charge is 2.00 e. The van der Waals surface area contributed by atoms with E-state index in [4.69, 9.17) is 0 Å². The number of rotatable bonds is 0. The second-order valence-corrected chi connectivity index (χ2v) is 0. The van der Waals surface area contributed by atoms with E-state index in [1.807, 2.05) is 0 Å². The molecule has 0 aliphatic rings. The molecule has 0 aliphatic carbocycles. The standard InChI is InChI=1S/Ca.Mn.2Zn.2H/q+2;;;;2*-1. The summed E-state index contributed by atoms with van der Waals surface area (Å²) in [7, 11) is 0. The quantitative estimate of drug-likeness (QED) is 0.505. The third kappa shape index (κ3) is 8.90. The van der Waals surface area contributed by atoms with Crippen molar-refractivity contribution in [3.8, 4) is 0 Å². The SMILES string of the molecule is [Ca+2].[H-].[H-].[Mn].[Zn].[Zn]. The zero-order chi connectivity index (χ0) is 0. The van der Waals surface area contributed by atoms with Gasteiger partial charge in [-0.1, -0.05) is 0 Å². The summed E-state index contributed by atoms with van der Waals surface area (Å²) in [5.74, 6) is 0. The van der Waals surface area contributed by atoms with Gasteiger partial charge in [-0.05, 0) is 0 Å². The Bertz CT molecular complexity index is 11.5. The molecular formula is H2CaMnZn2. The second-order valence-electron chi connectivity index (χ2n) is 0. The van der Waals surface area contributed by atoms with Gasteiger partial charge in [0.05, 0.1) is 0 Å². The van der Waals surface area contributed by atoms with E-state index in [0.29, 0.717) is 0 Å². The fourth-order valence-electron chi connectivity index (χ4n) is 0. The van der Waals surface area contributed by atoms with Crippen molar-refractivity contribution in [1.82, 2.24) is 0 Å². The predicted molar refractivity (Wildman–Crippen MR) is 7.98 cm³/mol. The third-order valence-corrected chi connectivity index (χ3v) is 0. The molecular weight excluding hydrogens is 226 g/mol. The van der Waals surface area contributed by atoms with Gasteiger partial charge >= 0.3 is 37.7 Å². The van der Waals surface area contributed by atoms with Crippen molar-refractivity contribution in [2.24, 2.45) is 0 Å². The molecule has 0 bridgehead atoms. The predicted octanol–water partition coefficient (Wildman–Crippen LogP) is -0.163. The molecule has 15 valence electrons. The Labute approximate surface area is 94.8 Å². The van der Waals surface area contributed by atoms with E-state index in [1.165, 1.54) is 0 Å². The topological polar surface area (TPSA) is 0 Å². The van der Waals surface area contributed by atoms with Crippen LogP contribution in [0.4, 0.5) is 0 Å². The normalized spacial score (nSPS) is 0. The van der Waals surface area contributed by atoms with Crippen molar-refractivity contribution in [3.63, 3.8) is 0 Å². The summed E-state index contributed by atoms with van der Waals surface area (Å²) in [6, 6.07) is 0. The minimum Gasteiger partial charge on any atom is -1.00 e. The second kappa shape index (κ2) is 16.6. The smallest absolute Gasteiger partial charge is 1.00 e. The van der Waals surface area contributed by atoms with Crippen LogP contribution in [0.2, 0.25) is 0 Å². The van der Waals surface area contributed by atoms with Crippen LogP contribution in [0, 0.1) is 0 Å². The molecule has 4 heteroatoms. The Hall–Kier alpha value is 3.03. The van der Waals surface area contributed by atoms with Gasteiger partial charge in [0.25, 0.3) is 0 Å². The number of hydrogen-bond acceptors (Lipinski definition) is 0. The molecule has 0 rings (SSSR count). The molecule has 0 aromatic carbocycles. The maximum absolute atomic E-state index is 0. The zero-order valence-corrected chi connectivity index (χ0v) is 11.8. The van der Waals surface area contributed by atoms with Gasteiger partial charge in [0.15, 0.2) is 0 Å². The average molecular weight is 228 g/mol. The molecule has 0 N–H and O–H groups in total. The molecule has 0 aromatic heterocycles. The van der Waals surface area contributed by atoms with Gasteiger partial charge < -0.3 is 2.85 Å². The van der Waals surface area contributed by atoms with Crippen molar-refractivity contribution in [2.75, 3.05) is 0 Å². The molecule has 4 heavy (non-hydrogen) atoms. The molecule has 0 atom stereocenters. The molecule has 0 saturated carbocycles. The van der Waals surface area contributed by atoms with Crippen molar-refractivity contribution in [1.29, 1.82) is 0 Å².